The highest BCUT2D eigenvalue weighted by molar-refractivity contribution is 5.94. The summed E-state index contributed by atoms with van der Waals surface area (Å²) >= 11 is 0. The van der Waals surface area contributed by atoms with Crippen LogP contribution in [0.15, 0.2) is 212 Å². The lowest BCUT2D eigenvalue weighted by atomic mass is 9.94. The average molecular weight is 766 g/mol. The maximum atomic E-state index is 9.55. The number of para-hydroxylation sites is 1. The van der Waals surface area contributed by atoms with Crippen LogP contribution in [-0.4, -0.2) is 19.9 Å². The summed E-state index contributed by atoms with van der Waals surface area (Å²) in [6, 6.07) is 74.5. The maximum Gasteiger partial charge on any atom is 0.161 e. The van der Waals surface area contributed by atoms with Crippen molar-refractivity contribution in [1.29, 1.82) is 5.26 Å². The summed E-state index contributed by atoms with van der Waals surface area (Å²) in [5, 5.41) is 10.6. The molecule has 10 aromatic rings. The molecule has 0 aliphatic heterocycles. The Morgan fingerprint density at radius 2 is 0.817 bits per heavy atom. The third kappa shape index (κ3) is 7.22. The average Bonchev–Trinajstić information content (AvgIpc) is 3.34. The SMILES string of the molecule is N#Cc1cccc(-c2cccc(-c3cc(-c4ccccc4)nc(-c4ccccc4-c4cccc(-c5cccc(-c6nc(-c7ccccc7)c7ccccc7n6)c5)c4)n3)c2)c1. The first-order chi connectivity index (χ1) is 29.7. The fourth-order valence-electron chi connectivity index (χ4n) is 7.75. The van der Waals surface area contributed by atoms with Crippen LogP contribution in [0.5, 0.6) is 0 Å². The predicted molar refractivity (Wildman–Crippen MR) is 243 cm³/mol. The van der Waals surface area contributed by atoms with Crippen molar-refractivity contribution in [3.63, 3.8) is 0 Å². The number of hydrogen-bond acceptors (Lipinski definition) is 5. The third-order valence-electron chi connectivity index (χ3n) is 10.7. The molecule has 0 atom stereocenters. The van der Waals surface area contributed by atoms with Crippen LogP contribution >= 0.6 is 0 Å². The van der Waals surface area contributed by atoms with Gasteiger partial charge in [-0.05, 0) is 75.8 Å². The zero-order valence-electron chi connectivity index (χ0n) is 32.4. The molecule has 2 aromatic heterocycles. The van der Waals surface area contributed by atoms with Gasteiger partial charge in [-0.2, -0.15) is 5.26 Å². The van der Waals surface area contributed by atoms with E-state index >= 15 is 0 Å². The summed E-state index contributed by atoms with van der Waals surface area (Å²) in [5.41, 5.74) is 15.2. The summed E-state index contributed by atoms with van der Waals surface area (Å²) in [5.74, 6) is 1.32. The molecule has 0 bridgehead atoms. The summed E-state index contributed by atoms with van der Waals surface area (Å²) in [7, 11) is 0. The number of fused-ring (bicyclic) bond motifs is 1. The van der Waals surface area contributed by atoms with E-state index in [0.29, 0.717) is 17.2 Å². The number of rotatable bonds is 8. The van der Waals surface area contributed by atoms with Crippen LogP contribution in [0.2, 0.25) is 0 Å². The zero-order chi connectivity index (χ0) is 40.3. The van der Waals surface area contributed by atoms with Crippen molar-refractivity contribution in [2.45, 2.75) is 0 Å². The van der Waals surface area contributed by atoms with Gasteiger partial charge >= 0.3 is 0 Å². The molecule has 0 saturated heterocycles. The number of aromatic nitrogens is 4. The lowest BCUT2D eigenvalue weighted by molar-refractivity contribution is 1.18. The Kier molecular flexibility index (Phi) is 9.55. The van der Waals surface area contributed by atoms with Crippen molar-refractivity contribution in [1.82, 2.24) is 19.9 Å². The van der Waals surface area contributed by atoms with E-state index in [9.17, 15) is 5.26 Å². The Balaban J connectivity index is 1.05. The van der Waals surface area contributed by atoms with E-state index in [1.54, 1.807) is 0 Å². The van der Waals surface area contributed by atoms with Crippen molar-refractivity contribution in [2.24, 2.45) is 0 Å². The van der Waals surface area contributed by atoms with E-state index in [-0.39, 0.29) is 0 Å². The Hall–Kier alpha value is -8.33. The molecule has 60 heavy (non-hydrogen) atoms. The minimum absolute atomic E-state index is 0.623. The number of hydrogen-bond donors (Lipinski definition) is 0. The van der Waals surface area contributed by atoms with Crippen LogP contribution in [-0.2, 0) is 0 Å². The van der Waals surface area contributed by atoms with E-state index in [0.717, 1.165) is 89.2 Å². The van der Waals surface area contributed by atoms with Gasteiger partial charge in [-0.1, -0.05) is 170 Å². The van der Waals surface area contributed by atoms with Gasteiger partial charge in [0, 0.05) is 33.2 Å². The minimum Gasteiger partial charge on any atom is -0.228 e. The molecular formula is C55H35N5. The summed E-state index contributed by atoms with van der Waals surface area (Å²) in [6.45, 7) is 0. The summed E-state index contributed by atoms with van der Waals surface area (Å²) in [4.78, 5) is 20.6. The van der Waals surface area contributed by atoms with Crippen LogP contribution in [0.25, 0.3) is 101 Å². The van der Waals surface area contributed by atoms with Crippen LogP contribution < -0.4 is 0 Å². The highest BCUT2D eigenvalue weighted by atomic mass is 14.9. The van der Waals surface area contributed by atoms with Gasteiger partial charge in [-0.25, -0.2) is 19.9 Å². The molecule has 280 valence electrons. The van der Waals surface area contributed by atoms with E-state index in [1.165, 1.54) is 0 Å². The molecule has 0 N–H and O–H groups in total. The van der Waals surface area contributed by atoms with E-state index < -0.39 is 0 Å². The van der Waals surface area contributed by atoms with Gasteiger partial charge < -0.3 is 0 Å². The van der Waals surface area contributed by atoms with Gasteiger partial charge in [0.15, 0.2) is 11.6 Å². The van der Waals surface area contributed by atoms with Crippen molar-refractivity contribution in [2.75, 3.05) is 0 Å². The molecule has 5 heteroatoms. The van der Waals surface area contributed by atoms with Crippen LogP contribution in [0.4, 0.5) is 0 Å². The highest BCUT2D eigenvalue weighted by Crippen LogP contribution is 2.37. The topological polar surface area (TPSA) is 75.3 Å². The molecule has 8 aromatic carbocycles. The zero-order valence-corrected chi connectivity index (χ0v) is 32.4. The number of benzene rings is 8. The summed E-state index contributed by atoms with van der Waals surface area (Å²) < 4.78 is 0. The first-order valence-electron chi connectivity index (χ1n) is 19.9. The van der Waals surface area contributed by atoms with Crippen molar-refractivity contribution >= 4 is 10.9 Å². The predicted octanol–water partition coefficient (Wildman–Crippen LogP) is 13.6. The standard InChI is InChI=1S/C55H35N5/c56-36-37-15-11-20-40(31-37)42-22-13-25-45(33-42)52-35-51(38-16-3-1-4-17-38)58-55(59-52)48-28-8-7-27-47(48)44-24-12-21-41(32-44)43-23-14-26-46(34-43)54-57-50-30-10-9-29-49(50)53(60-54)39-18-5-2-6-19-39/h1-35H. The second kappa shape index (κ2) is 15.9. The second-order valence-corrected chi connectivity index (χ2v) is 14.6. The second-order valence-electron chi connectivity index (χ2n) is 14.6. The van der Waals surface area contributed by atoms with Crippen LogP contribution in [0.1, 0.15) is 5.56 Å². The fraction of sp³-hybridized carbons (Fsp3) is 0. The summed E-state index contributed by atoms with van der Waals surface area (Å²) in [6.07, 6.45) is 0. The molecule has 0 aliphatic rings. The first kappa shape index (κ1) is 36.0. The van der Waals surface area contributed by atoms with Crippen molar-refractivity contribution in [3.8, 4) is 96.0 Å². The highest BCUT2D eigenvalue weighted by Gasteiger charge is 2.17. The number of nitrogens with zero attached hydrogens (tertiary/aromatic N) is 5. The number of nitriles is 1. The van der Waals surface area contributed by atoms with Gasteiger partial charge in [-0.15, -0.1) is 0 Å². The van der Waals surface area contributed by atoms with Gasteiger partial charge in [-0.3, -0.25) is 0 Å². The third-order valence-corrected chi connectivity index (χ3v) is 10.7. The lowest BCUT2D eigenvalue weighted by Crippen LogP contribution is -1.97. The molecule has 0 spiro atoms. The molecular weight excluding hydrogens is 731 g/mol. The van der Waals surface area contributed by atoms with E-state index in [2.05, 4.69) is 127 Å². The molecule has 0 fully saturated rings. The first-order valence-corrected chi connectivity index (χ1v) is 19.9. The smallest absolute Gasteiger partial charge is 0.161 e. The van der Waals surface area contributed by atoms with E-state index in [4.69, 9.17) is 19.9 Å². The molecule has 0 unspecified atom stereocenters. The molecule has 5 nitrogen and oxygen atoms in total. The Bertz CT molecular complexity index is 3220. The molecule has 10 rings (SSSR count). The minimum atomic E-state index is 0.623. The van der Waals surface area contributed by atoms with Gasteiger partial charge in [0.25, 0.3) is 0 Å². The fourth-order valence-corrected chi connectivity index (χ4v) is 7.75. The largest absolute Gasteiger partial charge is 0.228 e. The lowest BCUT2D eigenvalue weighted by Gasteiger charge is -2.14. The Labute approximate surface area is 348 Å². The van der Waals surface area contributed by atoms with Crippen molar-refractivity contribution in [3.05, 3.63) is 218 Å². The monoisotopic (exact) mass is 765 g/mol. The molecule has 2 heterocycles. The van der Waals surface area contributed by atoms with Crippen molar-refractivity contribution < 1.29 is 0 Å². The van der Waals surface area contributed by atoms with Crippen LogP contribution in [0.3, 0.4) is 0 Å². The molecule has 0 saturated carbocycles. The molecule has 0 aliphatic carbocycles. The molecule has 0 amide bonds. The quantitative estimate of drug-likeness (QED) is 0.154. The van der Waals surface area contributed by atoms with E-state index in [1.807, 2.05) is 91.0 Å². The van der Waals surface area contributed by atoms with Crippen LogP contribution in [0, 0.1) is 11.3 Å². The molecule has 0 radical (unpaired) electrons. The van der Waals surface area contributed by atoms with Gasteiger partial charge in [0.1, 0.15) is 0 Å². The van der Waals surface area contributed by atoms with Gasteiger partial charge in [0.2, 0.25) is 0 Å². The Morgan fingerprint density at radius 1 is 0.317 bits per heavy atom. The Morgan fingerprint density at radius 3 is 1.53 bits per heavy atom. The van der Waals surface area contributed by atoms with Gasteiger partial charge in [0.05, 0.1) is 34.2 Å². The normalized spacial score (nSPS) is 11.0. The maximum absolute atomic E-state index is 9.55.